The van der Waals surface area contributed by atoms with E-state index < -0.39 is 0 Å². The second-order valence-electron chi connectivity index (χ2n) is 3.81. The molecule has 0 spiro atoms. The number of rotatable bonds is 3. The molecule has 0 fully saturated rings. The van der Waals surface area contributed by atoms with Crippen LogP contribution in [0.2, 0.25) is 0 Å². The van der Waals surface area contributed by atoms with Crippen LogP contribution in [0.1, 0.15) is 0 Å². The number of hydrogen-bond acceptors (Lipinski definition) is 6. The summed E-state index contributed by atoms with van der Waals surface area (Å²) in [5, 5.41) is 2.37. The van der Waals surface area contributed by atoms with Crippen molar-refractivity contribution in [1.29, 1.82) is 0 Å². The third kappa shape index (κ3) is 2.59. The average molecular weight is 349 g/mol. The summed E-state index contributed by atoms with van der Waals surface area (Å²) in [5.41, 5.74) is 0.897. The Morgan fingerprint density at radius 2 is 2.00 bits per heavy atom. The summed E-state index contributed by atoms with van der Waals surface area (Å²) in [6.45, 7) is 0. The van der Waals surface area contributed by atoms with E-state index in [-0.39, 0.29) is 0 Å². The summed E-state index contributed by atoms with van der Waals surface area (Å²) in [7, 11) is 1.57. The SMILES string of the molecule is COc1nc(Sc2ncnc3ccccc23)ncc1Br. The predicted molar refractivity (Wildman–Crippen MR) is 79.9 cm³/mol. The minimum atomic E-state index is 0.501. The molecule has 5 nitrogen and oxygen atoms in total. The van der Waals surface area contributed by atoms with Gasteiger partial charge in [0.05, 0.1) is 17.1 Å². The van der Waals surface area contributed by atoms with Gasteiger partial charge in [0.1, 0.15) is 11.4 Å². The van der Waals surface area contributed by atoms with Gasteiger partial charge in [-0.15, -0.1) is 0 Å². The monoisotopic (exact) mass is 348 g/mol. The summed E-state index contributed by atoms with van der Waals surface area (Å²) in [4.78, 5) is 17.1. The van der Waals surface area contributed by atoms with Gasteiger partial charge in [0, 0.05) is 11.6 Å². The van der Waals surface area contributed by atoms with E-state index in [1.807, 2.05) is 24.3 Å². The smallest absolute Gasteiger partial charge is 0.231 e. The van der Waals surface area contributed by atoms with Gasteiger partial charge < -0.3 is 4.74 Å². The average Bonchev–Trinajstić information content (AvgIpc) is 2.49. The molecule has 0 aliphatic carbocycles. The van der Waals surface area contributed by atoms with Crippen LogP contribution in [0.15, 0.2) is 51.4 Å². The maximum absolute atomic E-state index is 5.17. The molecule has 0 saturated carbocycles. The second-order valence-corrected chi connectivity index (χ2v) is 5.62. The second kappa shape index (κ2) is 5.72. The lowest BCUT2D eigenvalue weighted by atomic mass is 10.2. The number of hydrogen-bond donors (Lipinski definition) is 0. The Morgan fingerprint density at radius 3 is 2.85 bits per heavy atom. The van der Waals surface area contributed by atoms with Gasteiger partial charge in [0.2, 0.25) is 5.88 Å². The molecular weight excluding hydrogens is 340 g/mol. The normalized spacial score (nSPS) is 10.7. The number of methoxy groups -OCH3 is 1. The van der Waals surface area contributed by atoms with Gasteiger partial charge in [0.15, 0.2) is 5.16 Å². The molecule has 20 heavy (non-hydrogen) atoms. The largest absolute Gasteiger partial charge is 0.480 e. The van der Waals surface area contributed by atoms with Crippen LogP contribution in [0.3, 0.4) is 0 Å². The number of halogens is 1. The third-order valence-corrected chi connectivity index (χ3v) is 4.02. The lowest BCUT2D eigenvalue weighted by Crippen LogP contribution is -1.94. The van der Waals surface area contributed by atoms with E-state index in [4.69, 9.17) is 4.74 Å². The van der Waals surface area contributed by atoms with Crippen LogP contribution in [0, 0.1) is 0 Å². The molecule has 0 radical (unpaired) electrons. The molecule has 3 aromatic rings. The first-order chi connectivity index (χ1) is 9.78. The van der Waals surface area contributed by atoms with Gasteiger partial charge in [0.25, 0.3) is 0 Å². The highest BCUT2D eigenvalue weighted by Gasteiger charge is 2.10. The Labute approximate surface area is 128 Å². The highest BCUT2D eigenvalue weighted by molar-refractivity contribution is 9.10. The van der Waals surface area contributed by atoms with Crippen molar-refractivity contribution in [2.45, 2.75) is 10.2 Å². The van der Waals surface area contributed by atoms with Crippen molar-refractivity contribution in [3.8, 4) is 5.88 Å². The number of aromatic nitrogens is 4. The van der Waals surface area contributed by atoms with Gasteiger partial charge in [-0.2, -0.15) is 4.98 Å². The van der Waals surface area contributed by atoms with Crippen LogP contribution in [0.5, 0.6) is 5.88 Å². The molecule has 2 heterocycles. The quantitative estimate of drug-likeness (QED) is 0.534. The maximum Gasteiger partial charge on any atom is 0.231 e. The summed E-state index contributed by atoms with van der Waals surface area (Å²) in [5.74, 6) is 0.501. The van der Waals surface area contributed by atoms with Crippen molar-refractivity contribution in [2.75, 3.05) is 7.11 Å². The summed E-state index contributed by atoms with van der Waals surface area (Å²) >= 11 is 4.71. The van der Waals surface area contributed by atoms with Gasteiger partial charge in [-0.1, -0.05) is 18.2 Å². The van der Waals surface area contributed by atoms with Crippen molar-refractivity contribution in [1.82, 2.24) is 19.9 Å². The van der Waals surface area contributed by atoms with Gasteiger partial charge in [-0.05, 0) is 33.8 Å². The summed E-state index contributed by atoms with van der Waals surface area (Å²) in [6.07, 6.45) is 3.21. The topological polar surface area (TPSA) is 60.8 Å². The van der Waals surface area contributed by atoms with Crippen LogP contribution in [0.25, 0.3) is 10.9 Å². The number of fused-ring (bicyclic) bond motifs is 1. The van der Waals surface area contributed by atoms with E-state index in [0.29, 0.717) is 11.0 Å². The van der Waals surface area contributed by atoms with Gasteiger partial charge >= 0.3 is 0 Å². The van der Waals surface area contributed by atoms with Crippen LogP contribution < -0.4 is 4.74 Å². The Hall–Kier alpha value is -1.73. The molecule has 0 unspecified atom stereocenters. The Balaban J connectivity index is 2.01. The van der Waals surface area contributed by atoms with Crippen molar-refractivity contribution in [3.05, 3.63) is 41.3 Å². The Morgan fingerprint density at radius 1 is 1.15 bits per heavy atom. The predicted octanol–water partition coefficient (Wildman–Crippen LogP) is 3.34. The molecule has 1 aromatic carbocycles. The first-order valence-electron chi connectivity index (χ1n) is 5.72. The van der Waals surface area contributed by atoms with E-state index in [1.54, 1.807) is 19.6 Å². The highest BCUT2D eigenvalue weighted by atomic mass is 79.9. The van der Waals surface area contributed by atoms with Gasteiger partial charge in [-0.25, -0.2) is 15.0 Å². The minimum absolute atomic E-state index is 0.501. The van der Waals surface area contributed by atoms with Crippen LogP contribution in [0.4, 0.5) is 0 Å². The summed E-state index contributed by atoms with van der Waals surface area (Å²) in [6, 6.07) is 7.83. The van der Waals surface area contributed by atoms with E-state index >= 15 is 0 Å². The number of para-hydroxylation sites is 1. The molecule has 0 saturated heterocycles. The van der Waals surface area contributed by atoms with Crippen molar-refractivity contribution < 1.29 is 4.74 Å². The molecule has 0 amide bonds. The van der Waals surface area contributed by atoms with Crippen molar-refractivity contribution >= 4 is 38.6 Å². The third-order valence-electron chi connectivity index (χ3n) is 2.58. The fourth-order valence-corrected chi connectivity index (χ4v) is 2.82. The van der Waals surface area contributed by atoms with E-state index in [9.17, 15) is 0 Å². The summed E-state index contributed by atoms with van der Waals surface area (Å²) < 4.78 is 5.89. The fourth-order valence-electron chi connectivity index (χ4n) is 1.68. The molecule has 100 valence electrons. The minimum Gasteiger partial charge on any atom is -0.480 e. The zero-order valence-corrected chi connectivity index (χ0v) is 12.8. The maximum atomic E-state index is 5.17. The Kier molecular flexibility index (Phi) is 3.79. The molecule has 0 aliphatic heterocycles. The highest BCUT2D eigenvalue weighted by Crippen LogP contribution is 2.31. The molecule has 2 aromatic heterocycles. The number of benzene rings is 1. The molecule has 0 aliphatic rings. The van der Waals surface area contributed by atoms with E-state index in [0.717, 1.165) is 20.4 Å². The zero-order valence-electron chi connectivity index (χ0n) is 10.4. The van der Waals surface area contributed by atoms with Crippen molar-refractivity contribution in [2.24, 2.45) is 0 Å². The molecular formula is C13H9BrN4OS. The van der Waals surface area contributed by atoms with Crippen LogP contribution in [-0.2, 0) is 0 Å². The number of nitrogens with zero attached hydrogens (tertiary/aromatic N) is 4. The fraction of sp³-hybridized carbons (Fsp3) is 0.0769. The van der Waals surface area contributed by atoms with E-state index in [1.165, 1.54) is 11.8 Å². The standard InChI is InChI=1S/C13H9BrN4OS/c1-19-11-9(14)6-15-13(18-11)20-12-8-4-2-3-5-10(8)16-7-17-12/h2-7H,1H3. The van der Waals surface area contributed by atoms with Crippen LogP contribution in [-0.4, -0.2) is 27.0 Å². The molecule has 0 N–H and O–H groups in total. The van der Waals surface area contributed by atoms with Crippen molar-refractivity contribution in [3.63, 3.8) is 0 Å². The van der Waals surface area contributed by atoms with Gasteiger partial charge in [-0.3, -0.25) is 0 Å². The molecule has 3 rings (SSSR count). The first-order valence-corrected chi connectivity index (χ1v) is 7.33. The Bertz CT molecular complexity index is 763. The first kappa shape index (κ1) is 13.3. The lowest BCUT2D eigenvalue weighted by Gasteiger charge is -2.05. The number of ether oxygens (including phenoxy) is 1. The zero-order chi connectivity index (χ0) is 13.9. The molecule has 0 bridgehead atoms. The van der Waals surface area contributed by atoms with E-state index in [2.05, 4.69) is 35.9 Å². The van der Waals surface area contributed by atoms with Crippen LogP contribution >= 0.6 is 27.7 Å². The molecule has 7 heteroatoms. The lowest BCUT2D eigenvalue weighted by molar-refractivity contribution is 0.389. The molecule has 0 atom stereocenters.